The summed E-state index contributed by atoms with van der Waals surface area (Å²) in [4.78, 5) is 25.2. The molecule has 0 fully saturated rings. The smallest absolute Gasteiger partial charge is 0.355 e. The first-order valence-corrected chi connectivity index (χ1v) is 7.11. The molecule has 0 amide bonds. The van der Waals surface area contributed by atoms with E-state index < -0.39 is 17.8 Å². The van der Waals surface area contributed by atoms with Crippen LogP contribution in [-0.4, -0.2) is 46.6 Å². The van der Waals surface area contributed by atoms with Crippen LogP contribution in [0.5, 0.6) is 5.75 Å². The van der Waals surface area contributed by atoms with Gasteiger partial charge in [-0.3, -0.25) is 0 Å². The highest BCUT2D eigenvalue weighted by Gasteiger charge is 2.35. The van der Waals surface area contributed by atoms with Gasteiger partial charge in [0.05, 0.1) is 38.5 Å². The minimum atomic E-state index is -0.850. The molecule has 7 nitrogen and oxygen atoms in total. The van der Waals surface area contributed by atoms with Gasteiger partial charge < -0.3 is 23.8 Å². The molecule has 0 spiro atoms. The first kappa shape index (κ1) is 18.0. The first-order valence-electron chi connectivity index (χ1n) is 6.73. The van der Waals surface area contributed by atoms with Crippen molar-refractivity contribution in [3.8, 4) is 5.75 Å². The van der Waals surface area contributed by atoms with E-state index in [1.165, 1.54) is 19.2 Å². The highest BCUT2D eigenvalue weighted by atomic mass is 35.5. The first-order chi connectivity index (χ1) is 11.5. The summed E-state index contributed by atoms with van der Waals surface area (Å²) in [6.07, 6.45) is 0. The van der Waals surface area contributed by atoms with Crippen LogP contribution in [0.3, 0.4) is 0 Å². The van der Waals surface area contributed by atoms with E-state index in [0.29, 0.717) is 0 Å². The lowest BCUT2D eigenvalue weighted by atomic mass is 10.1. The van der Waals surface area contributed by atoms with Gasteiger partial charge in [-0.1, -0.05) is 11.6 Å². The summed E-state index contributed by atoms with van der Waals surface area (Å²) in [6.45, 7) is -0.397. The Balaban J connectivity index is 2.68. The lowest BCUT2D eigenvalue weighted by Gasteiger charge is -2.32. The van der Waals surface area contributed by atoms with E-state index in [1.54, 1.807) is 0 Å². The molecule has 1 aliphatic rings. The van der Waals surface area contributed by atoms with Crippen LogP contribution in [0.2, 0.25) is 5.02 Å². The Morgan fingerprint density at radius 1 is 1.21 bits per heavy atom. The van der Waals surface area contributed by atoms with Crippen LogP contribution in [0.25, 0.3) is 0 Å². The van der Waals surface area contributed by atoms with Crippen molar-refractivity contribution in [2.75, 3.05) is 39.6 Å². The Kier molecular flexibility index (Phi) is 5.63. The van der Waals surface area contributed by atoms with Crippen molar-refractivity contribution in [1.82, 2.24) is 0 Å². The number of carbonyl (C=O) groups is 2. The predicted octanol–water partition coefficient (Wildman–Crippen LogP) is 1.88. The SMILES string of the molecule is COC(=O)C1=C(C(=O)OC)N(c2c(Cl)ccc(OC)c2F)COC1. The molecule has 1 aromatic carbocycles. The Labute approximate surface area is 142 Å². The molecule has 0 saturated carbocycles. The number of hydrogen-bond acceptors (Lipinski definition) is 7. The Morgan fingerprint density at radius 3 is 2.46 bits per heavy atom. The third kappa shape index (κ3) is 3.15. The predicted molar refractivity (Wildman–Crippen MR) is 82.3 cm³/mol. The van der Waals surface area contributed by atoms with Crippen LogP contribution in [-0.2, 0) is 23.8 Å². The third-order valence-corrected chi connectivity index (χ3v) is 3.66. The molecular weight excluding hydrogens is 345 g/mol. The quantitative estimate of drug-likeness (QED) is 0.760. The summed E-state index contributed by atoms with van der Waals surface area (Å²) >= 11 is 6.08. The summed E-state index contributed by atoms with van der Waals surface area (Å²) in [5.41, 5.74) is -0.476. The molecule has 0 bridgehead atoms. The highest BCUT2D eigenvalue weighted by Crippen LogP contribution is 2.38. The normalized spacial score (nSPS) is 14.5. The number of nitrogens with zero attached hydrogens (tertiary/aromatic N) is 1. The minimum absolute atomic E-state index is 0.00409. The van der Waals surface area contributed by atoms with Gasteiger partial charge in [-0.15, -0.1) is 0 Å². The standard InChI is InChI=1S/C15H15ClFNO6/c1-21-10-5-4-9(16)13(11(10)17)18-7-24-6-8(14(19)22-2)12(18)15(20)23-3/h4-5H,6-7H2,1-3H3. The second-order valence-corrected chi connectivity index (χ2v) is 5.04. The maximum absolute atomic E-state index is 14.7. The van der Waals surface area contributed by atoms with E-state index >= 15 is 0 Å². The number of esters is 2. The molecule has 9 heteroatoms. The van der Waals surface area contributed by atoms with Crippen LogP contribution >= 0.6 is 11.6 Å². The Hall–Kier alpha value is -2.32. The number of hydrogen-bond donors (Lipinski definition) is 0. The average Bonchev–Trinajstić information content (AvgIpc) is 2.60. The topological polar surface area (TPSA) is 74.3 Å². The lowest BCUT2D eigenvalue weighted by Crippen LogP contribution is -2.39. The molecule has 0 aliphatic carbocycles. The van der Waals surface area contributed by atoms with Gasteiger partial charge in [0.2, 0.25) is 0 Å². The van der Waals surface area contributed by atoms with Gasteiger partial charge in [-0.05, 0) is 12.1 Å². The van der Waals surface area contributed by atoms with Gasteiger partial charge >= 0.3 is 11.9 Å². The van der Waals surface area contributed by atoms with Crippen LogP contribution in [0.15, 0.2) is 23.4 Å². The third-order valence-electron chi connectivity index (χ3n) is 3.35. The van der Waals surface area contributed by atoms with Crippen LogP contribution in [0.4, 0.5) is 10.1 Å². The Morgan fingerprint density at radius 2 is 1.88 bits per heavy atom. The number of carbonyl (C=O) groups excluding carboxylic acids is 2. The van der Waals surface area contributed by atoms with Crippen molar-refractivity contribution in [3.05, 3.63) is 34.2 Å². The zero-order valence-corrected chi connectivity index (χ0v) is 14.0. The molecule has 24 heavy (non-hydrogen) atoms. The zero-order valence-electron chi connectivity index (χ0n) is 13.2. The zero-order chi connectivity index (χ0) is 17.9. The molecule has 1 aliphatic heterocycles. The molecule has 2 rings (SSSR count). The molecule has 1 heterocycles. The molecule has 0 radical (unpaired) electrons. The molecule has 0 aromatic heterocycles. The number of halogens is 2. The second-order valence-electron chi connectivity index (χ2n) is 4.63. The van der Waals surface area contributed by atoms with Crippen LogP contribution in [0.1, 0.15) is 0 Å². The van der Waals surface area contributed by atoms with Gasteiger partial charge in [-0.2, -0.15) is 0 Å². The van der Waals surface area contributed by atoms with E-state index in [2.05, 4.69) is 4.74 Å². The summed E-state index contributed by atoms with van der Waals surface area (Å²) < 4.78 is 34.2. The van der Waals surface area contributed by atoms with Gasteiger partial charge in [0, 0.05) is 0 Å². The number of ether oxygens (including phenoxy) is 4. The van der Waals surface area contributed by atoms with Gasteiger partial charge in [0.15, 0.2) is 11.6 Å². The largest absolute Gasteiger partial charge is 0.494 e. The fourth-order valence-electron chi connectivity index (χ4n) is 2.25. The second kappa shape index (κ2) is 7.50. The van der Waals surface area contributed by atoms with E-state index in [1.807, 2.05) is 0 Å². The molecule has 0 N–H and O–H groups in total. The van der Waals surface area contributed by atoms with Gasteiger partial charge in [0.1, 0.15) is 18.1 Å². The molecule has 0 unspecified atom stereocenters. The number of anilines is 1. The maximum Gasteiger partial charge on any atom is 0.355 e. The number of benzene rings is 1. The van der Waals surface area contributed by atoms with Crippen molar-refractivity contribution in [1.29, 1.82) is 0 Å². The van der Waals surface area contributed by atoms with Gasteiger partial charge in [-0.25, -0.2) is 14.0 Å². The van der Waals surface area contributed by atoms with Gasteiger partial charge in [0.25, 0.3) is 0 Å². The average molecular weight is 360 g/mol. The van der Waals surface area contributed by atoms with Crippen LogP contribution < -0.4 is 9.64 Å². The fourth-order valence-corrected chi connectivity index (χ4v) is 2.50. The fraction of sp³-hybridized carbons (Fsp3) is 0.333. The lowest BCUT2D eigenvalue weighted by molar-refractivity contribution is -0.140. The minimum Gasteiger partial charge on any atom is -0.494 e. The molecule has 1 aromatic rings. The Bertz CT molecular complexity index is 705. The number of methoxy groups -OCH3 is 3. The molecule has 0 atom stereocenters. The molecule has 130 valence electrons. The van der Waals surface area contributed by atoms with Crippen molar-refractivity contribution >= 4 is 29.2 Å². The summed E-state index contributed by atoms with van der Waals surface area (Å²) in [5.74, 6) is -2.53. The van der Waals surface area contributed by atoms with Crippen LogP contribution in [0, 0.1) is 5.82 Å². The van der Waals surface area contributed by atoms with Crippen molar-refractivity contribution in [2.24, 2.45) is 0 Å². The van der Waals surface area contributed by atoms with Crippen molar-refractivity contribution in [3.63, 3.8) is 0 Å². The van der Waals surface area contributed by atoms with Crippen molar-refractivity contribution < 1.29 is 32.9 Å². The molecule has 0 saturated heterocycles. The summed E-state index contributed by atoms with van der Waals surface area (Å²) in [5, 5.41) is 0.00409. The summed E-state index contributed by atoms with van der Waals surface area (Å²) in [6, 6.07) is 2.74. The van der Waals surface area contributed by atoms with E-state index in [0.717, 1.165) is 19.1 Å². The maximum atomic E-state index is 14.7. The monoisotopic (exact) mass is 359 g/mol. The van der Waals surface area contributed by atoms with E-state index in [-0.39, 0.29) is 41.1 Å². The van der Waals surface area contributed by atoms with E-state index in [4.69, 9.17) is 25.8 Å². The molecular formula is C15H15ClFNO6. The number of rotatable bonds is 4. The van der Waals surface area contributed by atoms with E-state index in [9.17, 15) is 14.0 Å². The van der Waals surface area contributed by atoms with Crippen molar-refractivity contribution in [2.45, 2.75) is 0 Å². The summed E-state index contributed by atoms with van der Waals surface area (Å²) in [7, 11) is 3.59. The highest BCUT2D eigenvalue weighted by molar-refractivity contribution is 6.33.